The second-order valence-electron chi connectivity index (χ2n) is 5.65. The number of aromatic nitrogens is 3. The van der Waals surface area contributed by atoms with Gasteiger partial charge in [0.25, 0.3) is 0 Å². The molecule has 0 saturated carbocycles. The average Bonchev–Trinajstić information content (AvgIpc) is 2.98. The number of nitrogens with zero attached hydrogens (tertiary/aromatic N) is 3. The minimum absolute atomic E-state index is 0.0533. The summed E-state index contributed by atoms with van der Waals surface area (Å²) in [7, 11) is 1.78. The van der Waals surface area contributed by atoms with Crippen LogP contribution in [0.4, 0.5) is 13.2 Å². The molecule has 1 atom stereocenters. The number of hydrogen-bond donors (Lipinski definition) is 0. The van der Waals surface area contributed by atoms with Gasteiger partial charge in [-0.3, -0.25) is 0 Å². The van der Waals surface area contributed by atoms with Crippen molar-refractivity contribution in [3.05, 3.63) is 71.3 Å². The molecule has 3 aromatic rings. The second kappa shape index (κ2) is 7.82. The number of halogens is 3. The fourth-order valence-corrected chi connectivity index (χ4v) is 3.22. The minimum Gasteiger partial charge on any atom is -0.480 e. The molecule has 0 saturated heterocycles. The third-order valence-electron chi connectivity index (χ3n) is 3.71. The molecule has 1 unspecified atom stereocenters. The predicted octanol–water partition coefficient (Wildman–Crippen LogP) is 4.66. The molecule has 136 valence electrons. The lowest BCUT2D eigenvalue weighted by Crippen LogP contribution is -2.10. The van der Waals surface area contributed by atoms with Crippen molar-refractivity contribution in [2.24, 2.45) is 7.05 Å². The van der Waals surface area contributed by atoms with E-state index < -0.39 is 17.7 Å². The van der Waals surface area contributed by atoms with E-state index >= 15 is 0 Å². The van der Waals surface area contributed by atoms with E-state index in [0.29, 0.717) is 16.7 Å². The largest absolute Gasteiger partial charge is 0.480 e. The van der Waals surface area contributed by atoms with E-state index in [1.165, 1.54) is 30.0 Å². The predicted molar refractivity (Wildman–Crippen MR) is 92.4 cm³/mol. The quantitative estimate of drug-likeness (QED) is 0.584. The maximum absolute atomic E-state index is 13.7. The van der Waals surface area contributed by atoms with E-state index in [0.717, 1.165) is 17.7 Å². The van der Waals surface area contributed by atoms with Gasteiger partial charge in [0.1, 0.15) is 11.6 Å². The van der Waals surface area contributed by atoms with Gasteiger partial charge < -0.3 is 9.30 Å². The Kier molecular flexibility index (Phi) is 5.51. The first-order chi connectivity index (χ1) is 12.4. The Morgan fingerprint density at radius 1 is 1.04 bits per heavy atom. The summed E-state index contributed by atoms with van der Waals surface area (Å²) in [6.45, 7) is 1.71. The first-order valence-electron chi connectivity index (χ1n) is 7.82. The van der Waals surface area contributed by atoms with Gasteiger partial charge in [-0.15, -0.1) is 10.2 Å². The molecule has 0 bridgehead atoms. The molecule has 3 rings (SSSR count). The van der Waals surface area contributed by atoms with Crippen LogP contribution < -0.4 is 4.74 Å². The van der Waals surface area contributed by atoms with Crippen LogP contribution in [-0.4, -0.2) is 14.8 Å². The van der Waals surface area contributed by atoms with Crippen LogP contribution in [0, 0.1) is 17.5 Å². The summed E-state index contributed by atoms with van der Waals surface area (Å²) in [5.41, 5.74) is 0.957. The fourth-order valence-electron chi connectivity index (χ4n) is 2.35. The Labute approximate surface area is 153 Å². The maximum atomic E-state index is 13.7. The molecule has 0 aliphatic carbocycles. The van der Waals surface area contributed by atoms with E-state index in [1.54, 1.807) is 30.7 Å². The zero-order chi connectivity index (χ0) is 18.7. The third-order valence-corrected chi connectivity index (χ3v) is 4.80. The van der Waals surface area contributed by atoms with Gasteiger partial charge in [-0.1, -0.05) is 23.9 Å². The second-order valence-corrected chi connectivity index (χ2v) is 6.59. The minimum atomic E-state index is -0.773. The molecule has 0 aliphatic rings. The fraction of sp³-hybridized carbons (Fsp3) is 0.222. The molecule has 0 spiro atoms. The van der Waals surface area contributed by atoms with E-state index in [-0.39, 0.29) is 11.6 Å². The molecule has 2 aromatic carbocycles. The van der Waals surface area contributed by atoms with Crippen LogP contribution >= 0.6 is 11.8 Å². The van der Waals surface area contributed by atoms with Crippen molar-refractivity contribution >= 4 is 11.8 Å². The highest BCUT2D eigenvalue weighted by atomic mass is 32.2. The number of thioether (sulfide) groups is 1. The summed E-state index contributed by atoms with van der Waals surface area (Å²) in [6.07, 6.45) is -0.576. The number of ether oxygens (including phenoxy) is 1. The summed E-state index contributed by atoms with van der Waals surface area (Å²) >= 11 is 1.44. The molecule has 0 amide bonds. The van der Waals surface area contributed by atoms with Gasteiger partial charge in [-0.2, -0.15) is 0 Å². The van der Waals surface area contributed by atoms with Gasteiger partial charge in [-0.25, -0.2) is 13.2 Å². The van der Waals surface area contributed by atoms with Crippen molar-refractivity contribution in [1.29, 1.82) is 0 Å². The van der Waals surface area contributed by atoms with Crippen molar-refractivity contribution in [3.8, 4) is 5.75 Å². The summed E-state index contributed by atoms with van der Waals surface area (Å²) in [5, 5.41) is 8.86. The van der Waals surface area contributed by atoms with E-state index in [1.807, 2.05) is 0 Å². The smallest absolute Gasteiger partial charge is 0.191 e. The summed E-state index contributed by atoms with van der Waals surface area (Å²) in [4.78, 5) is 0. The van der Waals surface area contributed by atoms with Gasteiger partial charge >= 0.3 is 0 Å². The highest BCUT2D eigenvalue weighted by Gasteiger charge is 2.19. The van der Waals surface area contributed by atoms with Crippen LogP contribution in [-0.2, 0) is 12.8 Å². The lowest BCUT2D eigenvalue weighted by Gasteiger charge is -2.14. The molecule has 0 N–H and O–H groups in total. The number of hydrogen-bond acceptors (Lipinski definition) is 4. The average molecular weight is 379 g/mol. The molecule has 26 heavy (non-hydrogen) atoms. The highest BCUT2D eigenvalue weighted by Crippen LogP contribution is 2.27. The highest BCUT2D eigenvalue weighted by molar-refractivity contribution is 7.98. The van der Waals surface area contributed by atoms with Gasteiger partial charge in [0.2, 0.25) is 0 Å². The van der Waals surface area contributed by atoms with Crippen LogP contribution in [0.5, 0.6) is 5.75 Å². The van der Waals surface area contributed by atoms with Crippen molar-refractivity contribution in [2.45, 2.75) is 23.9 Å². The molecular formula is C18H16F3N3OS. The Hall–Kier alpha value is -2.48. The van der Waals surface area contributed by atoms with Crippen LogP contribution in [0.1, 0.15) is 24.4 Å². The van der Waals surface area contributed by atoms with Gasteiger partial charge in [-0.05, 0) is 36.8 Å². The molecule has 1 heterocycles. The first kappa shape index (κ1) is 18.3. The zero-order valence-corrected chi connectivity index (χ0v) is 14.9. The van der Waals surface area contributed by atoms with Crippen LogP contribution in [0.3, 0.4) is 0 Å². The lowest BCUT2D eigenvalue weighted by molar-refractivity contribution is 0.201. The van der Waals surface area contributed by atoms with Crippen LogP contribution in [0.25, 0.3) is 0 Å². The van der Waals surface area contributed by atoms with Gasteiger partial charge in [0.15, 0.2) is 28.7 Å². The molecule has 8 heteroatoms. The maximum Gasteiger partial charge on any atom is 0.191 e. The summed E-state index contributed by atoms with van der Waals surface area (Å²) in [5.74, 6) is -0.657. The normalized spacial score (nSPS) is 12.2. The van der Waals surface area contributed by atoms with Crippen molar-refractivity contribution < 1.29 is 17.9 Å². The standard InChI is InChI=1S/C18H16F3N3OS/c1-11(25-16-8-7-14(20)9-15(16)21)17-22-23-18(24(17)2)26-10-12-3-5-13(19)6-4-12/h3-9,11H,10H2,1-2H3. The number of rotatable bonds is 6. The third kappa shape index (κ3) is 4.19. The summed E-state index contributed by atoms with van der Waals surface area (Å²) in [6, 6.07) is 9.37. The Morgan fingerprint density at radius 2 is 1.73 bits per heavy atom. The Balaban J connectivity index is 1.68. The SMILES string of the molecule is CC(Oc1ccc(F)cc1F)c1nnc(SCc2ccc(F)cc2)n1C. The van der Waals surface area contributed by atoms with E-state index in [2.05, 4.69) is 10.2 Å². The molecule has 4 nitrogen and oxygen atoms in total. The van der Waals surface area contributed by atoms with E-state index in [4.69, 9.17) is 4.74 Å². The molecule has 0 fully saturated rings. The van der Waals surface area contributed by atoms with Crippen LogP contribution in [0.15, 0.2) is 47.6 Å². The monoisotopic (exact) mass is 379 g/mol. The van der Waals surface area contributed by atoms with E-state index in [9.17, 15) is 13.2 Å². The lowest BCUT2D eigenvalue weighted by atomic mass is 10.2. The number of benzene rings is 2. The first-order valence-corrected chi connectivity index (χ1v) is 8.81. The van der Waals surface area contributed by atoms with Gasteiger partial charge in [0.05, 0.1) is 0 Å². The summed E-state index contributed by atoms with van der Waals surface area (Å²) < 4.78 is 46.9. The molecule has 0 aliphatic heterocycles. The van der Waals surface area contributed by atoms with Crippen molar-refractivity contribution in [2.75, 3.05) is 0 Å². The van der Waals surface area contributed by atoms with Crippen LogP contribution in [0.2, 0.25) is 0 Å². The zero-order valence-electron chi connectivity index (χ0n) is 14.1. The molecule has 0 radical (unpaired) electrons. The molecular weight excluding hydrogens is 363 g/mol. The van der Waals surface area contributed by atoms with Crippen molar-refractivity contribution in [3.63, 3.8) is 0 Å². The Bertz CT molecular complexity index is 899. The Morgan fingerprint density at radius 3 is 2.42 bits per heavy atom. The molecule has 1 aromatic heterocycles. The van der Waals surface area contributed by atoms with Gasteiger partial charge in [0, 0.05) is 18.9 Å². The van der Waals surface area contributed by atoms with Crippen molar-refractivity contribution in [1.82, 2.24) is 14.8 Å². The topological polar surface area (TPSA) is 39.9 Å².